The molecule has 0 saturated carbocycles. The van der Waals surface area contributed by atoms with Gasteiger partial charge in [0.25, 0.3) is 5.91 Å². The minimum Gasteiger partial charge on any atom is -0.388 e. The fraction of sp³-hybridized carbons (Fsp3) is 0.385. The van der Waals surface area contributed by atoms with Crippen LogP contribution in [0.1, 0.15) is 20.8 Å². The number of hydrogen-bond acceptors (Lipinski definition) is 4. The van der Waals surface area contributed by atoms with E-state index in [1.54, 1.807) is 32.9 Å². The highest BCUT2D eigenvalue weighted by Crippen LogP contribution is 2.42. The van der Waals surface area contributed by atoms with Crippen molar-refractivity contribution in [3.63, 3.8) is 0 Å². The molecule has 0 spiro atoms. The van der Waals surface area contributed by atoms with E-state index in [0.29, 0.717) is 15.9 Å². The van der Waals surface area contributed by atoms with E-state index in [1.807, 2.05) is 12.1 Å². The van der Waals surface area contributed by atoms with Crippen molar-refractivity contribution in [3.8, 4) is 0 Å². The summed E-state index contributed by atoms with van der Waals surface area (Å²) >= 11 is 7.25. The molecule has 0 aliphatic carbocycles. The molecule has 1 aliphatic heterocycles. The predicted molar refractivity (Wildman–Crippen MR) is 79.8 cm³/mol. The maximum atomic E-state index is 12.0. The molecule has 4 nitrogen and oxygen atoms in total. The first kappa shape index (κ1) is 14.4. The fourth-order valence-corrected chi connectivity index (χ4v) is 2.82. The maximum absolute atomic E-state index is 12.0. The zero-order chi connectivity index (χ0) is 14.3. The van der Waals surface area contributed by atoms with Gasteiger partial charge in [0.05, 0.1) is 16.3 Å². The molecule has 2 N–H and O–H groups in total. The zero-order valence-electron chi connectivity index (χ0n) is 10.9. The van der Waals surface area contributed by atoms with Crippen molar-refractivity contribution in [3.05, 3.63) is 29.3 Å². The van der Waals surface area contributed by atoms with E-state index in [0.717, 1.165) is 0 Å². The number of amides is 1. The number of hydrogen-bond donors (Lipinski definition) is 2. The number of carbonyl (C=O) groups excluding carboxylic acids is 1. The van der Waals surface area contributed by atoms with Crippen LogP contribution in [0.3, 0.4) is 0 Å². The molecule has 0 unspecified atom stereocenters. The van der Waals surface area contributed by atoms with Crippen molar-refractivity contribution in [1.29, 1.82) is 0 Å². The van der Waals surface area contributed by atoms with Gasteiger partial charge in [-0.15, -0.1) is 0 Å². The summed E-state index contributed by atoms with van der Waals surface area (Å²) in [6, 6.07) is 7.21. The van der Waals surface area contributed by atoms with Gasteiger partial charge in [0, 0.05) is 0 Å². The van der Waals surface area contributed by atoms with Gasteiger partial charge in [0.1, 0.15) is 4.75 Å². The van der Waals surface area contributed by atoms with Crippen LogP contribution in [0, 0.1) is 0 Å². The summed E-state index contributed by atoms with van der Waals surface area (Å²) in [7, 11) is 0. The molecule has 1 atom stereocenters. The number of aliphatic hydroxyl groups is 1. The van der Waals surface area contributed by atoms with E-state index in [2.05, 4.69) is 10.3 Å². The molecular formula is C13H15ClN2O2S. The predicted octanol–water partition coefficient (Wildman–Crippen LogP) is 2.91. The number of rotatable bonds is 2. The quantitative estimate of drug-likeness (QED) is 0.881. The largest absolute Gasteiger partial charge is 0.388 e. The Kier molecular flexibility index (Phi) is 3.64. The summed E-state index contributed by atoms with van der Waals surface area (Å²) in [6.45, 7) is 4.89. The molecule has 0 fully saturated rings. The van der Waals surface area contributed by atoms with Crippen LogP contribution in [0.4, 0.5) is 5.69 Å². The summed E-state index contributed by atoms with van der Waals surface area (Å²) in [5, 5.41) is 14.1. The van der Waals surface area contributed by atoms with Gasteiger partial charge in [-0.3, -0.25) is 4.79 Å². The molecule has 1 heterocycles. The van der Waals surface area contributed by atoms with Gasteiger partial charge in [0.2, 0.25) is 0 Å². The SMILES string of the molecule is CC(C)(O)[C@]1(C)SC(Nc2ccccc2Cl)=NC1=O. The second-order valence-electron chi connectivity index (χ2n) is 5.02. The highest BCUT2D eigenvalue weighted by Gasteiger charge is 2.51. The van der Waals surface area contributed by atoms with Gasteiger partial charge in [-0.25, -0.2) is 0 Å². The molecule has 2 rings (SSSR count). The van der Waals surface area contributed by atoms with Crippen molar-refractivity contribution in [1.82, 2.24) is 0 Å². The number of para-hydroxylation sites is 1. The lowest BCUT2D eigenvalue weighted by Gasteiger charge is -2.33. The molecule has 1 amide bonds. The summed E-state index contributed by atoms with van der Waals surface area (Å²) in [6.07, 6.45) is 0. The summed E-state index contributed by atoms with van der Waals surface area (Å²) in [5.41, 5.74) is -0.481. The van der Waals surface area contributed by atoms with Crippen LogP contribution >= 0.6 is 23.4 Å². The molecule has 0 saturated heterocycles. The molecule has 0 bridgehead atoms. The van der Waals surface area contributed by atoms with E-state index in [4.69, 9.17) is 11.6 Å². The smallest absolute Gasteiger partial charge is 0.267 e. The number of aliphatic imine (C=N–C) groups is 1. The number of thioether (sulfide) groups is 1. The van der Waals surface area contributed by atoms with Gasteiger partial charge < -0.3 is 10.4 Å². The first-order valence-corrected chi connectivity index (χ1v) is 6.99. The number of nitrogens with zero attached hydrogens (tertiary/aromatic N) is 1. The third-order valence-corrected chi connectivity index (χ3v) is 4.99. The van der Waals surface area contributed by atoms with Crippen LogP contribution in [-0.4, -0.2) is 26.5 Å². The number of anilines is 1. The highest BCUT2D eigenvalue weighted by molar-refractivity contribution is 8.16. The maximum Gasteiger partial charge on any atom is 0.267 e. The Labute approximate surface area is 121 Å². The van der Waals surface area contributed by atoms with Crippen molar-refractivity contribution < 1.29 is 9.90 Å². The molecule has 19 heavy (non-hydrogen) atoms. The van der Waals surface area contributed by atoms with Crippen molar-refractivity contribution in [2.45, 2.75) is 31.1 Å². The standard InChI is InChI=1S/C13H15ClN2O2S/c1-12(2,18)13(3)10(17)16-11(19-13)15-9-7-5-4-6-8(9)14/h4-7,18H,1-3H3,(H,15,16,17)/t13-/m1/s1. The second-order valence-corrected chi connectivity index (χ2v) is 6.84. The summed E-state index contributed by atoms with van der Waals surface area (Å²) in [4.78, 5) is 15.9. The first-order chi connectivity index (χ1) is 8.74. The highest BCUT2D eigenvalue weighted by atomic mass is 35.5. The van der Waals surface area contributed by atoms with E-state index >= 15 is 0 Å². The average Bonchev–Trinajstić information content (AvgIpc) is 2.58. The third-order valence-electron chi connectivity index (χ3n) is 3.19. The Morgan fingerprint density at radius 3 is 2.58 bits per heavy atom. The van der Waals surface area contributed by atoms with Gasteiger partial charge in [-0.05, 0) is 32.9 Å². The topological polar surface area (TPSA) is 61.7 Å². The minimum atomic E-state index is -1.16. The second kappa shape index (κ2) is 4.81. The molecule has 0 radical (unpaired) electrons. The van der Waals surface area contributed by atoms with Gasteiger partial charge in [0.15, 0.2) is 5.17 Å². The van der Waals surface area contributed by atoms with E-state index in [1.165, 1.54) is 11.8 Å². The lowest BCUT2D eigenvalue weighted by atomic mass is 9.91. The normalized spacial score (nSPS) is 23.4. The van der Waals surface area contributed by atoms with Gasteiger partial charge in [-0.1, -0.05) is 35.5 Å². The minimum absolute atomic E-state index is 0.348. The Balaban J connectivity index is 2.21. The summed E-state index contributed by atoms with van der Waals surface area (Å²) < 4.78 is -0.989. The Bertz CT molecular complexity index is 554. The molecule has 1 aromatic carbocycles. The third kappa shape index (κ3) is 2.63. The van der Waals surface area contributed by atoms with Crippen LogP contribution < -0.4 is 5.32 Å². The lowest BCUT2D eigenvalue weighted by molar-refractivity contribution is -0.124. The van der Waals surface area contributed by atoms with Gasteiger partial charge in [-0.2, -0.15) is 4.99 Å². The van der Waals surface area contributed by atoms with Crippen molar-refractivity contribution in [2.75, 3.05) is 5.32 Å². The van der Waals surface area contributed by atoms with Crippen LogP contribution in [0.2, 0.25) is 5.02 Å². The molecule has 0 aromatic heterocycles. The number of amidine groups is 1. The number of benzene rings is 1. The van der Waals surface area contributed by atoms with E-state index in [-0.39, 0.29) is 5.91 Å². The van der Waals surface area contributed by atoms with Gasteiger partial charge >= 0.3 is 0 Å². The Morgan fingerprint density at radius 1 is 1.42 bits per heavy atom. The molecule has 6 heteroatoms. The van der Waals surface area contributed by atoms with Crippen LogP contribution in [0.5, 0.6) is 0 Å². The van der Waals surface area contributed by atoms with E-state index in [9.17, 15) is 9.90 Å². The zero-order valence-corrected chi connectivity index (χ0v) is 12.5. The number of halogens is 1. The fourth-order valence-electron chi connectivity index (χ4n) is 1.58. The lowest BCUT2D eigenvalue weighted by Crippen LogP contribution is -2.48. The Hall–Kier alpha value is -1.04. The summed E-state index contributed by atoms with van der Waals surface area (Å²) in [5.74, 6) is -0.348. The Morgan fingerprint density at radius 2 is 2.05 bits per heavy atom. The first-order valence-electron chi connectivity index (χ1n) is 5.80. The molecule has 1 aliphatic rings. The number of nitrogens with one attached hydrogen (secondary N) is 1. The average molecular weight is 299 g/mol. The monoisotopic (exact) mass is 298 g/mol. The van der Waals surface area contributed by atoms with Crippen LogP contribution in [0.25, 0.3) is 0 Å². The molecular weight excluding hydrogens is 284 g/mol. The molecule has 1 aromatic rings. The van der Waals surface area contributed by atoms with Crippen molar-refractivity contribution >= 4 is 40.1 Å². The van der Waals surface area contributed by atoms with Crippen LogP contribution in [0.15, 0.2) is 29.3 Å². The van der Waals surface area contributed by atoms with E-state index < -0.39 is 10.3 Å². The van der Waals surface area contributed by atoms with Crippen LogP contribution in [-0.2, 0) is 4.79 Å². The number of carbonyl (C=O) groups is 1. The molecule has 102 valence electrons. The van der Waals surface area contributed by atoms with Crippen molar-refractivity contribution in [2.24, 2.45) is 4.99 Å².